The molecular weight excluding hydrogens is 369 g/mol. The van der Waals surface area contributed by atoms with Crippen LogP contribution in [0.2, 0.25) is 0 Å². The molecule has 2 amide bonds. The lowest BCUT2D eigenvalue weighted by Crippen LogP contribution is -2.55. The normalized spacial score (nSPS) is 12.5. The summed E-state index contributed by atoms with van der Waals surface area (Å²) in [7, 11) is 0. The quantitative estimate of drug-likeness (QED) is 0.520. The lowest BCUT2D eigenvalue weighted by atomic mass is 10.2. The first kappa shape index (κ1) is 18.9. The number of nitrogens with one attached hydrogen (secondary N) is 3. The van der Waals surface area contributed by atoms with Crippen molar-refractivity contribution >= 4 is 40.8 Å². The van der Waals surface area contributed by atoms with Gasteiger partial charge in [-0.25, -0.2) is 4.79 Å². The van der Waals surface area contributed by atoms with Crippen LogP contribution in [0, 0.1) is 0 Å². The monoisotopic (exact) mass is 385 g/mol. The summed E-state index contributed by atoms with van der Waals surface area (Å²) in [6.45, 7) is 0.844. The first-order chi connectivity index (χ1) is 11.4. The fourth-order valence-corrected chi connectivity index (χ4v) is 2.42. The Bertz CT molecular complexity index is 633. The number of carbonyl (C=O) groups excluding carboxylic acids is 1. The van der Waals surface area contributed by atoms with Gasteiger partial charge in [0, 0.05) is 13.1 Å². The third-order valence-electron chi connectivity index (χ3n) is 3.25. The van der Waals surface area contributed by atoms with Crippen molar-refractivity contribution in [2.75, 3.05) is 0 Å². The minimum Gasteiger partial charge on any atom is -0.334 e. The highest BCUT2D eigenvalue weighted by molar-refractivity contribution is 6.68. The molecule has 128 valence electrons. The number of halogens is 3. The SMILES string of the molecule is O=C(NCc1ccccc1)N[C@H](NCc1ccccc1)C(Cl)(Cl)Cl. The standard InChI is InChI=1S/C17H18Cl3N3O/c18-17(19,20)15(21-11-13-7-3-1-4-8-13)23-16(24)22-12-14-9-5-2-6-10-14/h1-10,15,21H,11-12H2,(H2,22,23,24)/t15-/m0/s1. The van der Waals surface area contributed by atoms with Gasteiger partial charge in [0.25, 0.3) is 0 Å². The smallest absolute Gasteiger partial charge is 0.316 e. The van der Waals surface area contributed by atoms with Gasteiger partial charge >= 0.3 is 6.03 Å². The number of urea groups is 1. The van der Waals surface area contributed by atoms with Gasteiger partial charge in [-0.15, -0.1) is 0 Å². The maximum absolute atomic E-state index is 12.0. The second-order valence-corrected chi connectivity index (χ2v) is 7.52. The Kier molecular flexibility index (Phi) is 7.18. The summed E-state index contributed by atoms with van der Waals surface area (Å²) in [5.41, 5.74) is 2.00. The summed E-state index contributed by atoms with van der Waals surface area (Å²) >= 11 is 17.9. The summed E-state index contributed by atoms with van der Waals surface area (Å²) < 4.78 is -1.68. The molecule has 0 aromatic heterocycles. The Balaban J connectivity index is 1.87. The highest BCUT2D eigenvalue weighted by atomic mass is 35.6. The van der Waals surface area contributed by atoms with Crippen molar-refractivity contribution in [2.45, 2.75) is 23.0 Å². The molecule has 0 heterocycles. The number of hydrogen-bond acceptors (Lipinski definition) is 2. The largest absolute Gasteiger partial charge is 0.334 e. The molecule has 2 rings (SSSR count). The Labute approximate surface area is 156 Å². The Hall–Kier alpha value is -1.46. The number of alkyl halides is 3. The van der Waals surface area contributed by atoms with Crippen LogP contribution in [-0.4, -0.2) is 16.0 Å². The number of benzene rings is 2. The van der Waals surface area contributed by atoms with Crippen molar-refractivity contribution in [1.82, 2.24) is 16.0 Å². The molecule has 0 aliphatic rings. The van der Waals surface area contributed by atoms with Crippen LogP contribution in [0.3, 0.4) is 0 Å². The predicted octanol–water partition coefficient (Wildman–Crippen LogP) is 3.97. The average molecular weight is 387 g/mol. The topological polar surface area (TPSA) is 53.2 Å². The lowest BCUT2D eigenvalue weighted by Gasteiger charge is -2.26. The van der Waals surface area contributed by atoms with Crippen molar-refractivity contribution in [3.8, 4) is 0 Å². The Morgan fingerprint density at radius 2 is 1.38 bits per heavy atom. The molecule has 0 spiro atoms. The number of amides is 2. The molecule has 7 heteroatoms. The molecule has 3 N–H and O–H groups in total. The third kappa shape index (κ3) is 6.57. The van der Waals surface area contributed by atoms with Crippen molar-refractivity contribution in [3.63, 3.8) is 0 Å². The molecule has 0 aliphatic heterocycles. The minimum atomic E-state index is -1.68. The van der Waals surface area contributed by atoms with Gasteiger partial charge in [-0.1, -0.05) is 95.5 Å². The molecule has 0 bridgehead atoms. The van der Waals surface area contributed by atoms with Gasteiger partial charge in [-0.3, -0.25) is 5.32 Å². The predicted molar refractivity (Wildman–Crippen MR) is 99.2 cm³/mol. The number of hydrogen-bond donors (Lipinski definition) is 3. The maximum Gasteiger partial charge on any atom is 0.316 e. The first-order valence-corrected chi connectivity index (χ1v) is 8.51. The summed E-state index contributed by atoms with van der Waals surface area (Å²) in [5, 5.41) is 8.41. The zero-order valence-electron chi connectivity index (χ0n) is 12.8. The van der Waals surface area contributed by atoms with Crippen molar-refractivity contribution in [2.24, 2.45) is 0 Å². The van der Waals surface area contributed by atoms with Gasteiger partial charge in [0.1, 0.15) is 6.17 Å². The van der Waals surface area contributed by atoms with E-state index in [1.54, 1.807) is 0 Å². The van der Waals surface area contributed by atoms with Gasteiger partial charge in [0.15, 0.2) is 0 Å². The molecule has 24 heavy (non-hydrogen) atoms. The van der Waals surface area contributed by atoms with E-state index in [9.17, 15) is 4.79 Å². The second-order valence-electron chi connectivity index (χ2n) is 5.15. The number of rotatable bonds is 6. The van der Waals surface area contributed by atoms with Crippen molar-refractivity contribution in [1.29, 1.82) is 0 Å². The zero-order valence-corrected chi connectivity index (χ0v) is 15.1. The molecule has 0 fully saturated rings. The summed E-state index contributed by atoms with van der Waals surface area (Å²) in [6.07, 6.45) is -0.835. The summed E-state index contributed by atoms with van der Waals surface area (Å²) in [5.74, 6) is 0. The molecule has 0 saturated carbocycles. The highest BCUT2D eigenvalue weighted by Gasteiger charge is 2.33. The first-order valence-electron chi connectivity index (χ1n) is 7.37. The van der Waals surface area contributed by atoms with E-state index in [4.69, 9.17) is 34.8 Å². The molecule has 0 aliphatic carbocycles. The van der Waals surface area contributed by atoms with Crippen LogP contribution in [0.15, 0.2) is 60.7 Å². The molecule has 4 nitrogen and oxygen atoms in total. The summed E-state index contributed by atoms with van der Waals surface area (Å²) in [6, 6.07) is 18.8. The van der Waals surface area contributed by atoms with E-state index < -0.39 is 16.0 Å². The molecule has 2 aromatic carbocycles. The van der Waals surface area contributed by atoms with E-state index in [-0.39, 0.29) is 0 Å². The Morgan fingerprint density at radius 3 is 1.88 bits per heavy atom. The van der Waals surface area contributed by atoms with Crippen molar-refractivity contribution in [3.05, 3.63) is 71.8 Å². The highest BCUT2D eigenvalue weighted by Crippen LogP contribution is 2.29. The molecule has 0 saturated heterocycles. The third-order valence-corrected chi connectivity index (χ3v) is 3.91. The molecule has 1 atom stereocenters. The van der Waals surface area contributed by atoms with Crippen LogP contribution in [0.1, 0.15) is 11.1 Å². The van der Waals surface area contributed by atoms with Crippen LogP contribution >= 0.6 is 34.8 Å². The molecule has 2 aromatic rings. The fraction of sp³-hybridized carbons (Fsp3) is 0.235. The molecule has 0 radical (unpaired) electrons. The van der Waals surface area contributed by atoms with Gasteiger partial charge in [-0.05, 0) is 11.1 Å². The molecular formula is C17H18Cl3N3O. The van der Waals surface area contributed by atoms with Crippen LogP contribution in [0.25, 0.3) is 0 Å². The van der Waals surface area contributed by atoms with Crippen LogP contribution in [-0.2, 0) is 13.1 Å². The Morgan fingerprint density at radius 1 is 0.875 bits per heavy atom. The van der Waals surface area contributed by atoms with E-state index in [1.165, 1.54) is 0 Å². The minimum absolute atomic E-state index is 0.387. The second kappa shape index (κ2) is 9.14. The average Bonchev–Trinajstić information content (AvgIpc) is 2.57. The van der Waals surface area contributed by atoms with Gasteiger partial charge in [0.05, 0.1) is 0 Å². The van der Waals surface area contributed by atoms with Crippen LogP contribution < -0.4 is 16.0 Å². The van der Waals surface area contributed by atoms with E-state index in [0.717, 1.165) is 11.1 Å². The van der Waals surface area contributed by atoms with Gasteiger partial charge in [-0.2, -0.15) is 0 Å². The zero-order chi connectivity index (χ0) is 17.4. The number of carbonyl (C=O) groups is 1. The van der Waals surface area contributed by atoms with E-state index in [2.05, 4.69) is 16.0 Å². The maximum atomic E-state index is 12.0. The van der Waals surface area contributed by atoms with Gasteiger partial charge < -0.3 is 10.6 Å². The van der Waals surface area contributed by atoms with E-state index >= 15 is 0 Å². The van der Waals surface area contributed by atoms with E-state index in [1.807, 2.05) is 60.7 Å². The molecule has 0 unspecified atom stereocenters. The van der Waals surface area contributed by atoms with Crippen molar-refractivity contribution < 1.29 is 4.79 Å². The van der Waals surface area contributed by atoms with Crippen LogP contribution in [0.4, 0.5) is 4.79 Å². The van der Waals surface area contributed by atoms with Gasteiger partial charge in [0.2, 0.25) is 3.79 Å². The van der Waals surface area contributed by atoms with E-state index in [0.29, 0.717) is 13.1 Å². The summed E-state index contributed by atoms with van der Waals surface area (Å²) in [4.78, 5) is 12.0. The van der Waals surface area contributed by atoms with Crippen LogP contribution in [0.5, 0.6) is 0 Å². The fourth-order valence-electron chi connectivity index (χ4n) is 2.02. The lowest BCUT2D eigenvalue weighted by molar-refractivity contribution is 0.233.